The van der Waals surface area contributed by atoms with E-state index < -0.39 is 36.2 Å². The number of esters is 1. The Morgan fingerprint density at radius 2 is 1.64 bits per heavy atom. The Balaban J connectivity index is 2.16. The van der Waals surface area contributed by atoms with Gasteiger partial charge in [-0.3, -0.25) is 4.79 Å². The molecule has 0 radical (unpaired) electrons. The second-order valence-electron chi connectivity index (χ2n) is 5.97. The second kappa shape index (κ2) is 9.92. The summed E-state index contributed by atoms with van der Waals surface area (Å²) in [4.78, 5) is 22.9. The molecule has 0 bridgehead atoms. The molecule has 0 amide bonds. The number of hydrogen-bond acceptors (Lipinski definition) is 6. The maximum absolute atomic E-state index is 11.8. The Labute approximate surface area is 131 Å². The van der Waals surface area contributed by atoms with Gasteiger partial charge in [-0.1, -0.05) is 51.9 Å². The summed E-state index contributed by atoms with van der Waals surface area (Å²) in [5, 5.41) is 28.6. The lowest BCUT2D eigenvalue weighted by Crippen LogP contribution is -2.42. The van der Waals surface area contributed by atoms with Gasteiger partial charge in [-0.25, -0.2) is 4.79 Å². The number of rotatable bonds is 11. The standard InChI is InChI=1S/C16H28O6/c1-2-3-4-5-6-7-8-9-10-11(17)12(18)15-13(19)14(20)16(21)22-15/h12-15,18-20H,2-10H2,1H3/t12-,13+,14-,15+/m0/s1. The molecule has 0 aromatic heterocycles. The van der Waals surface area contributed by atoms with Gasteiger partial charge in [0.1, 0.15) is 6.10 Å². The number of carbonyl (C=O) groups excluding carboxylic acids is 2. The monoisotopic (exact) mass is 316 g/mol. The molecule has 0 aromatic carbocycles. The SMILES string of the molecule is CCCCCCCCCCC(=O)[C@H](O)[C@H]1OC(=O)[C@@H](O)[C@H]1O. The normalized spacial score (nSPS) is 26.0. The topological polar surface area (TPSA) is 104 Å². The van der Waals surface area contributed by atoms with Crippen LogP contribution in [0.2, 0.25) is 0 Å². The third-order valence-corrected chi connectivity index (χ3v) is 4.07. The van der Waals surface area contributed by atoms with E-state index in [0.717, 1.165) is 19.3 Å². The van der Waals surface area contributed by atoms with Crippen LogP contribution in [0, 0.1) is 0 Å². The molecular formula is C16H28O6. The number of unbranched alkanes of at least 4 members (excludes halogenated alkanes) is 7. The first-order valence-corrected chi connectivity index (χ1v) is 8.26. The van der Waals surface area contributed by atoms with Gasteiger partial charge in [0.2, 0.25) is 0 Å². The molecule has 3 N–H and O–H groups in total. The molecule has 1 aliphatic rings. The fraction of sp³-hybridized carbons (Fsp3) is 0.875. The number of aliphatic hydroxyl groups excluding tert-OH is 3. The smallest absolute Gasteiger partial charge is 0.338 e. The van der Waals surface area contributed by atoms with Crippen molar-refractivity contribution < 1.29 is 29.6 Å². The molecule has 22 heavy (non-hydrogen) atoms. The van der Waals surface area contributed by atoms with E-state index >= 15 is 0 Å². The van der Waals surface area contributed by atoms with E-state index in [-0.39, 0.29) is 6.42 Å². The average molecular weight is 316 g/mol. The Hall–Kier alpha value is -0.980. The second-order valence-corrected chi connectivity index (χ2v) is 5.97. The molecule has 1 heterocycles. The van der Waals surface area contributed by atoms with Crippen molar-refractivity contribution in [1.82, 2.24) is 0 Å². The van der Waals surface area contributed by atoms with Gasteiger partial charge in [-0.2, -0.15) is 0 Å². The molecule has 0 unspecified atom stereocenters. The zero-order valence-corrected chi connectivity index (χ0v) is 13.2. The summed E-state index contributed by atoms with van der Waals surface area (Å²) in [5.74, 6) is -1.46. The van der Waals surface area contributed by atoms with Crippen LogP contribution >= 0.6 is 0 Å². The van der Waals surface area contributed by atoms with Gasteiger partial charge in [0.05, 0.1) is 0 Å². The quantitative estimate of drug-likeness (QED) is 0.389. The summed E-state index contributed by atoms with van der Waals surface area (Å²) >= 11 is 0. The number of ketones is 1. The first-order valence-electron chi connectivity index (χ1n) is 8.26. The van der Waals surface area contributed by atoms with Crippen LogP contribution in [0.25, 0.3) is 0 Å². The van der Waals surface area contributed by atoms with Crippen molar-refractivity contribution in [2.45, 2.75) is 89.1 Å². The summed E-state index contributed by atoms with van der Waals surface area (Å²) in [6.07, 6.45) is 2.78. The van der Waals surface area contributed by atoms with Gasteiger partial charge in [0.25, 0.3) is 0 Å². The molecule has 0 spiro atoms. The molecule has 0 aliphatic carbocycles. The highest BCUT2D eigenvalue weighted by Gasteiger charge is 2.47. The molecule has 1 rings (SSSR count). The van der Waals surface area contributed by atoms with E-state index in [2.05, 4.69) is 11.7 Å². The maximum atomic E-state index is 11.8. The molecule has 0 saturated carbocycles. The van der Waals surface area contributed by atoms with E-state index in [1.54, 1.807) is 0 Å². The molecule has 1 fully saturated rings. The molecule has 6 nitrogen and oxygen atoms in total. The Morgan fingerprint density at radius 3 is 2.14 bits per heavy atom. The van der Waals surface area contributed by atoms with E-state index in [1.807, 2.05) is 0 Å². The number of cyclic esters (lactones) is 1. The van der Waals surface area contributed by atoms with Crippen molar-refractivity contribution in [1.29, 1.82) is 0 Å². The third kappa shape index (κ3) is 5.66. The molecule has 6 heteroatoms. The lowest BCUT2D eigenvalue weighted by Gasteiger charge is -2.18. The van der Waals surface area contributed by atoms with E-state index in [4.69, 9.17) is 0 Å². The minimum atomic E-state index is -1.68. The van der Waals surface area contributed by atoms with Crippen LogP contribution in [0.15, 0.2) is 0 Å². The Morgan fingerprint density at radius 1 is 1.09 bits per heavy atom. The lowest BCUT2D eigenvalue weighted by molar-refractivity contribution is -0.153. The van der Waals surface area contributed by atoms with Crippen molar-refractivity contribution in [2.24, 2.45) is 0 Å². The molecule has 1 aliphatic heterocycles. The van der Waals surface area contributed by atoms with Gasteiger partial charge in [-0.15, -0.1) is 0 Å². The van der Waals surface area contributed by atoms with Crippen LogP contribution in [0.3, 0.4) is 0 Å². The summed E-state index contributed by atoms with van der Waals surface area (Å²) in [5.41, 5.74) is 0. The van der Waals surface area contributed by atoms with Crippen LogP contribution < -0.4 is 0 Å². The number of carbonyl (C=O) groups is 2. The molecule has 4 atom stereocenters. The van der Waals surface area contributed by atoms with Gasteiger partial charge in [0.15, 0.2) is 24.1 Å². The predicted octanol–water partition coefficient (Wildman–Crippen LogP) is 1.09. The Bertz CT molecular complexity index is 357. The summed E-state index contributed by atoms with van der Waals surface area (Å²) < 4.78 is 4.64. The summed E-state index contributed by atoms with van der Waals surface area (Å²) in [7, 11) is 0. The zero-order chi connectivity index (χ0) is 16.5. The summed E-state index contributed by atoms with van der Waals surface area (Å²) in [6, 6.07) is 0. The van der Waals surface area contributed by atoms with Gasteiger partial charge >= 0.3 is 5.97 Å². The van der Waals surface area contributed by atoms with E-state index in [0.29, 0.717) is 6.42 Å². The molecule has 128 valence electrons. The lowest BCUT2D eigenvalue weighted by atomic mass is 9.99. The highest BCUT2D eigenvalue weighted by atomic mass is 16.6. The number of ether oxygens (including phenoxy) is 1. The summed E-state index contributed by atoms with van der Waals surface area (Å²) in [6.45, 7) is 2.18. The molecule has 0 aromatic rings. The van der Waals surface area contributed by atoms with E-state index in [9.17, 15) is 24.9 Å². The molecular weight excluding hydrogens is 288 g/mol. The first-order chi connectivity index (χ1) is 10.5. The van der Waals surface area contributed by atoms with Crippen molar-refractivity contribution in [3.05, 3.63) is 0 Å². The fourth-order valence-electron chi connectivity index (χ4n) is 2.61. The van der Waals surface area contributed by atoms with Crippen LogP contribution in [0.4, 0.5) is 0 Å². The Kier molecular flexibility index (Phi) is 8.60. The number of hydrogen-bond donors (Lipinski definition) is 3. The van der Waals surface area contributed by atoms with E-state index in [1.165, 1.54) is 25.7 Å². The largest absolute Gasteiger partial charge is 0.454 e. The van der Waals surface area contributed by atoms with Gasteiger partial charge < -0.3 is 20.1 Å². The van der Waals surface area contributed by atoms with Crippen LogP contribution in [0.5, 0.6) is 0 Å². The third-order valence-electron chi connectivity index (χ3n) is 4.07. The highest BCUT2D eigenvalue weighted by Crippen LogP contribution is 2.20. The minimum Gasteiger partial charge on any atom is -0.454 e. The number of Topliss-reactive ketones (excluding diaryl/α,β-unsaturated/α-hetero) is 1. The fourth-order valence-corrected chi connectivity index (χ4v) is 2.61. The average Bonchev–Trinajstić information content (AvgIpc) is 2.76. The van der Waals surface area contributed by atoms with Crippen molar-refractivity contribution in [3.63, 3.8) is 0 Å². The van der Waals surface area contributed by atoms with Crippen molar-refractivity contribution in [2.75, 3.05) is 0 Å². The van der Waals surface area contributed by atoms with Crippen molar-refractivity contribution in [3.8, 4) is 0 Å². The zero-order valence-electron chi connectivity index (χ0n) is 13.2. The first kappa shape index (κ1) is 19.1. The predicted molar refractivity (Wildman–Crippen MR) is 80.1 cm³/mol. The number of aliphatic hydroxyl groups is 3. The van der Waals surface area contributed by atoms with Crippen LogP contribution in [-0.4, -0.2) is 51.5 Å². The maximum Gasteiger partial charge on any atom is 0.338 e. The van der Waals surface area contributed by atoms with Gasteiger partial charge in [0, 0.05) is 6.42 Å². The van der Waals surface area contributed by atoms with Gasteiger partial charge in [-0.05, 0) is 6.42 Å². The van der Waals surface area contributed by atoms with Crippen LogP contribution in [0.1, 0.15) is 64.7 Å². The minimum absolute atomic E-state index is 0.187. The van der Waals surface area contributed by atoms with Crippen LogP contribution in [-0.2, 0) is 14.3 Å². The molecule has 1 saturated heterocycles. The van der Waals surface area contributed by atoms with Crippen molar-refractivity contribution >= 4 is 11.8 Å². The highest BCUT2D eigenvalue weighted by molar-refractivity contribution is 5.85.